The van der Waals surface area contributed by atoms with E-state index in [9.17, 15) is 4.79 Å². The van der Waals surface area contributed by atoms with E-state index >= 15 is 0 Å². The van der Waals surface area contributed by atoms with Crippen molar-refractivity contribution in [3.05, 3.63) is 22.5 Å². The summed E-state index contributed by atoms with van der Waals surface area (Å²) in [5.74, 6) is 0. The van der Waals surface area contributed by atoms with Crippen LogP contribution in [-0.2, 0) is 24.9 Å². The highest BCUT2D eigenvalue weighted by molar-refractivity contribution is 7.16. The smallest absolute Gasteiger partial charge is 0.321 e. The third kappa shape index (κ3) is 4.28. The monoisotopic (exact) mass is 336 g/mol. The van der Waals surface area contributed by atoms with Crippen molar-refractivity contribution >= 4 is 22.5 Å². The highest BCUT2D eigenvalue weighted by Crippen LogP contribution is 2.34. The number of thiazole rings is 1. The Morgan fingerprint density at radius 2 is 2.09 bits per heavy atom. The van der Waals surface area contributed by atoms with Crippen molar-refractivity contribution in [2.24, 2.45) is 0 Å². The summed E-state index contributed by atoms with van der Waals surface area (Å²) in [4.78, 5) is 17.8. The molecule has 2 aromatic rings. The number of amides is 2. The molecule has 0 bridgehead atoms. The summed E-state index contributed by atoms with van der Waals surface area (Å²) in [5, 5.41) is 14.0. The Hall–Kier alpha value is -1.96. The Labute approximate surface area is 140 Å². The van der Waals surface area contributed by atoms with Gasteiger partial charge >= 0.3 is 6.03 Å². The van der Waals surface area contributed by atoms with Crippen molar-refractivity contribution in [2.75, 3.05) is 5.32 Å². The first-order chi connectivity index (χ1) is 10.8. The molecule has 2 rings (SSSR count). The number of aromatic nitrogens is 4. The minimum absolute atomic E-state index is 0.0265. The zero-order chi connectivity index (χ0) is 17.0. The number of nitrogens with zero attached hydrogens (tertiary/aromatic N) is 4. The summed E-state index contributed by atoms with van der Waals surface area (Å²) in [5.41, 5.74) is 1.94. The maximum Gasteiger partial charge on any atom is 0.321 e. The lowest BCUT2D eigenvalue weighted by Gasteiger charge is -2.16. The first-order valence-corrected chi connectivity index (χ1v) is 8.59. The van der Waals surface area contributed by atoms with E-state index in [0.717, 1.165) is 24.4 Å². The van der Waals surface area contributed by atoms with Crippen LogP contribution in [0, 0.1) is 0 Å². The molecule has 0 aromatic carbocycles. The van der Waals surface area contributed by atoms with Crippen molar-refractivity contribution < 1.29 is 4.79 Å². The summed E-state index contributed by atoms with van der Waals surface area (Å²) in [6.45, 7) is 11.6. The first kappa shape index (κ1) is 17.4. The van der Waals surface area contributed by atoms with Gasteiger partial charge in [0.1, 0.15) is 0 Å². The molecule has 2 N–H and O–H groups in total. The van der Waals surface area contributed by atoms with Gasteiger partial charge in [-0.25, -0.2) is 14.5 Å². The summed E-state index contributed by atoms with van der Waals surface area (Å²) in [6, 6.07) is -0.272. The van der Waals surface area contributed by atoms with Gasteiger partial charge in [-0.05, 0) is 18.8 Å². The van der Waals surface area contributed by atoms with E-state index < -0.39 is 0 Å². The second-order valence-corrected chi connectivity index (χ2v) is 7.25. The van der Waals surface area contributed by atoms with Crippen LogP contribution in [0.15, 0.2) is 6.20 Å². The Balaban J connectivity index is 1.99. The molecule has 0 saturated heterocycles. The lowest BCUT2D eigenvalue weighted by atomic mass is 9.93. The minimum Gasteiger partial charge on any atom is -0.332 e. The van der Waals surface area contributed by atoms with Crippen LogP contribution < -0.4 is 10.6 Å². The zero-order valence-electron chi connectivity index (χ0n) is 14.3. The number of nitrogens with one attached hydrogen (secondary N) is 2. The molecule has 0 atom stereocenters. The highest BCUT2D eigenvalue weighted by atomic mass is 32.1. The van der Waals surface area contributed by atoms with Crippen molar-refractivity contribution in [3.63, 3.8) is 0 Å². The third-order valence-corrected chi connectivity index (χ3v) is 4.80. The topological polar surface area (TPSA) is 84.7 Å². The molecular weight excluding hydrogens is 312 g/mol. The lowest BCUT2D eigenvalue weighted by Crippen LogP contribution is -2.29. The molecule has 2 heterocycles. The van der Waals surface area contributed by atoms with Gasteiger partial charge in [0.15, 0.2) is 5.13 Å². The molecule has 0 aliphatic carbocycles. The zero-order valence-corrected chi connectivity index (χ0v) is 15.1. The standard InChI is InChI=1S/C15H24N6OS/c1-6-11-12(15(3,4)5)23-14(18-11)19-13(22)16-8-10-9-17-20-21(10)7-2/h9H,6-8H2,1-5H3,(H2,16,18,19,22). The molecule has 0 aliphatic rings. The van der Waals surface area contributed by atoms with E-state index in [4.69, 9.17) is 0 Å². The van der Waals surface area contributed by atoms with E-state index in [-0.39, 0.29) is 11.4 Å². The van der Waals surface area contributed by atoms with Gasteiger partial charge in [0.05, 0.1) is 24.1 Å². The van der Waals surface area contributed by atoms with Crippen molar-refractivity contribution in [2.45, 2.75) is 59.5 Å². The minimum atomic E-state index is -0.272. The van der Waals surface area contributed by atoms with Crippen LogP contribution in [0.3, 0.4) is 0 Å². The fourth-order valence-corrected chi connectivity index (χ4v) is 3.33. The Morgan fingerprint density at radius 3 is 2.65 bits per heavy atom. The molecule has 7 nitrogen and oxygen atoms in total. The maximum atomic E-state index is 12.1. The van der Waals surface area contributed by atoms with E-state index in [0.29, 0.717) is 11.7 Å². The molecule has 2 aromatic heterocycles. The molecule has 0 spiro atoms. The summed E-state index contributed by atoms with van der Waals surface area (Å²) >= 11 is 1.54. The quantitative estimate of drug-likeness (QED) is 0.879. The number of aryl methyl sites for hydroxylation is 2. The van der Waals surface area contributed by atoms with Gasteiger partial charge in [-0.3, -0.25) is 5.32 Å². The molecule has 0 saturated carbocycles. The SMILES string of the molecule is CCc1nc(NC(=O)NCc2cnnn2CC)sc1C(C)(C)C. The molecule has 0 fully saturated rings. The van der Waals surface area contributed by atoms with Crippen LogP contribution in [0.1, 0.15) is 50.9 Å². The molecule has 2 amide bonds. The molecule has 0 radical (unpaired) electrons. The van der Waals surface area contributed by atoms with Gasteiger partial charge in [-0.2, -0.15) is 0 Å². The fourth-order valence-electron chi connectivity index (χ4n) is 2.23. The second kappa shape index (κ2) is 7.08. The number of hydrogen-bond donors (Lipinski definition) is 2. The maximum absolute atomic E-state index is 12.1. The number of carbonyl (C=O) groups is 1. The van der Waals surface area contributed by atoms with E-state index in [2.05, 4.69) is 53.6 Å². The normalized spacial score (nSPS) is 11.5. The second-order valence-electron chi connectivity index (χ2n) is 6.25. The van der Waals surface area contributed by atoms with Gasteiger partial charge in [0, 0.05) is 11.4 Å². The molecule has 0 aliphatic heterocycles. The number of urea groups is 1. The number of carbonyl (C=O) groups excluding carboxylic acids is 1. The van der Waals surface area contributed by atoms with E-state index in [1.54, 1.807) is 10.9 Å². The first-order valence-electron chi connectivity index (χ1n) is 7.77. The average Bonchev–Trinajstić information content (AvgIpc) is 3.10. The molecule has 8 heteroatoms. The van der Waals surface area contributed by atoms with Crippen LogP contribution in [0.5, 0.6) is 0 Å². The fraction of sp³-hybridized carbons (Fsp3) is 0.600. The van der Waals surface area contributed by atoms with Crippen LogP contribution >= 0.6 is 11.3 Å². The molecule has 0 unspecified atom stereocenters. The van der Waals surface area contributed by atoms with Gasteiger partial charge < -0.3 is 5.32 Å². The van der Waals surface area contributed by atoms with Crippen LogP contribution in [0.25, 0.3) is 0 Å². The number of anilines is 1. The van der Waals surface area contributed by atoms with Gasteiger partial charge in [0.2, 0.25) is 0 Å². The number of hydrogen-bond acceptors (Lipinski definition) is 5. The lowest BCUT2D eigenvalue weighted by molar-refractivity contribution is 0.251. The van der Waals surface area contributed by atoms with Crippen molar-refractivity contribution in [3.8, 4) is 0 Å². The van der Waals surface area contributed by atoms with Crippen LogP contribution in [0.4, 0.5) is 9.93 Å². The van der Waals surface area contributed by atoms with E-state index in [1.807, 2.05) is 6.92 Å². The van der Waals surface area contributed by atoms with Gasteiger partial charge in [-0.15, -0.1) is 16.4 Å². The molecule has 23 heavy (non-hydrogen) atoms. The van der Waals surface area contributed by atoms with Gasteiger partial charge in [0.25, 0.3) is 0 Å². The Morgan fingerprint density at radius 1 is 1.35 bits per heavy atom. The largest absolute Gasteiger partial charge is 0.332 e. The van der Waals surface area contributed by atoms with E-state index in [1.165, 1.54) is 16.2 Å². The summed E-state index contributed by atoms with van der Waals surface area (Å²) < 4.78 is 1.75. The molecule has 126 valence electrons. The van der Waals surface area contributed by atoms with Gasteiger partial charge in [-0.1, -0.05) is 32.9 Å². The number of rotatable bonds is 5. The van der Waals surface area contributed by atoms with Crippen molar-refractivity contribution in [1.82, 2.24) is 25.3 Å². The predicted molar refractivity (Wildman–Crippen MR) is 91.7 cm³/mol. The van der Waals surface area contributed by atoms with Crippen molar-refractivity contribution in [1.29, 1.82) is 0 Å². The third-order valence-electron chi connectivity index (χ3n) is 3.36. The Kier molecular flexibility index (Phi) is 5.35. The Bertz CT molecular complexity index is 670. The average molecular weight is 336 g/mol. The molecular formula is C15H24N6OS. The van der Waals surface area contributed by atoms with Crippen LogP contribution in [-0.4, -0.2) is 26.0 Å². The highest BCUT2D eigenvalue weighted by Gasteiger charge is 2.22. The summed E-state index contributed by atoms with van der Waals surface area (Å²) in [7, 11) is 0. The predicted octanol–water partition coefficient (Wildman–Crippen LogP) is 2.94. The summed E-state index contributed by atoms with van der Waals surface area (Å²) in [6.07, 6.45) is 2.51. The van der Waals surface area contributed by atoms with Crippen LogP contribution in [0.2, 0.25) is 0 Å².